The van der Waals surface area contributed by atoms with Crippen molar-refractivity contribution in [3.05, 3.63) is 54.0 Å². The summed E-state index contributed by atoms with van der Waals surface area (Å²) in [6.45, 7) is 2.56. The van der Waals surface area contributed by atoms with Crippen molar-refractivity contribution in [3.8, 4) is 0 Å². The molecule has 0 aliphatic heterocycles. The molecule has 1 saturated carbocycles. The molecular formula is C18H21NO2. The van der Waals surface area contributed by atoms with Crippen LogP contribution in [0.3, 0.4) is 0 Å². The maximum atomic E-state index is 12.8. The summed E-state index contributed by atoms with van der Waals surface area (Å²) in [7, 11) is 0. The maximum Gasteiger partial charge on any atom is 0.230 e. The number of aryl methyl sites for hydroxylation is 1. The number of hydrogen-bond donors (Lipinski definition) is 0. The summed E-state index contributed by atoms with van der Waals surface area (Å²) in [6, 6.07) is 11.9. The van der Waals surface area contributed by atoms with Crippen molar-refractivity contribution in [2.75, 3.05) is 4.90 Å². The summed E-state index contributed by atoms with van der Waals surface area (Å²) < 4.78 is 5.43. The fourth-order valence-electron chi connectivity index (χ4n) is 2.97. The summed E-state index contributed by atoms with van der Waals surface area (Å²) in [5.74, 6) is 1.22. The lowest BCUT2D eigenvalue weighted by Crippen LogP contribution is -2.34. The van der Waals surface area contributed by atoms with Crippen LogP contribution >= 0.6 is 0 Å². The third kappa shape index (κ3) is 3.18. The van der Waals surface area contributed by atoms with Crippen LogP contribution in [0.2, 0.25) is 0 Å². The normalized spacial score (nSPS) is 15.3. The molecule has 1 aromatic heterocycles. The van der Waals surface area contributed by atoms with E-state index in [1.807, 2.05) is 41.3 Å². The highest BCUT2D eigenvalue weighted by atomic mass is 16.3. The van der Waals surface area contributed by atoms with E-state index in [1.54, 1.807) is 6.26 Å². The first-order valence-electron chi connectivity index (χ1n) is 7.64. The van der Waals surface area contributed by atoms with Gasteiger partial charge in [0.1, 0.15) is 5.76 Å². The molecule has 1 heterocycles. The molecule has 0 spiro atoms. The summed E-state index contributed by atoms with van der Waals surface area (Å²) in [6.07, 6.45) is 6.01. The van der Waals surface area contributed by atoms with E-state index >= 15 is 0 Å². The van der Waals surface area contributed by atoms with Crippen molar-refractivity contribution >= 4 is 11.6 Å². The van der Waals surface area contributed by atoms with Crippen molar-refractivity contribution < 1.29 is 9.21 Å². The van der Waals surface area contributed by atoms with Crippen LogP contribution in [0.1, 0.15) is 37.0 Å². The first-order chi connectivity index (χ1) is 10.2. The summed E-state index contributed by atoms with van der Waals surface area (Å²) in [4.78, 5) is 14.7. The molecular weight excluding hydrogens is 262 g/mol. The van der Waals surface area contributed by atoms with E-state index in [2.05, 4.69) is 6.92 Å². The Bertz CT molecular complexity index is 580. The maximum absolute atomic E-state index is 12.8. The molecule has 0 atom stereocenters. The highest BCUT2D eigenvalue weighted by Gasteiger charge is 2.28. The fraction of sp³-hybridized carbons (Fsp3) is 0.389. The van der Waals surface area contributed by atoms with Gasteiger partial charge in [-0.3, -0.25) is 4.79 Å². The van der Waals surface area contributed by atoms with Crippen LogP contribution in [0, 0.1) is 12.8 Å². The number of amides is 1. The van der Waals surface area contributed by atoms with Gasteiger partial charge in [0.05, 0.1) is 12.8 Å². The predicted octanol–water partition coefficient (Wildman–Crippen LogP) is 4.31. The molecule has 1 aromatic carbocycles. The van der Waals surface area contributed by atoms with Crippen LogP contribution in [0.25, 0.3) is 0 Å². The Morgan fingerprint density at radius 3 is 2.52 bits per heavy atom. The Hall–Kier alpha value is -2.03. The molecule has 0 saturated heterocycles. The number of furan rings is 1. The van der Waals surface area contributed by atoms with Crippen molar-refractivity contribution in [1.29, 1.82) is 0 Å². The molecule has 0 N–H and O–H groups in total. The Morgan fingerprint density at radius 1 is 1.19 bits per heavy atom. The lowest BCUT2D eigenvalue weighted by molar-refractivity contribution is -0.122. The van der Waals surface area contributed by atoms with Gasteiger partial charge < -0.3 is 9.32 Å². The van der Waals surface area contributed by atoms with E-state index < -0.39 is 0 Å². The average molecular weight is 283 g/mol. The largest absolute Gasteiger partial charge is 0.467 e. The molecule has 3 nitrogen and oxygen atoms in total. The van der Waals surface area contributed by atoms with E-state index in [9.17, 15) is 4.79 Å². The third-order valence-corrected chi connectivity index (χ3v) is 4.21. The highest BCUT2D eigenvalue weighted by molar-refractivity contribution is 5.95. The van der Waals surface area contributed by atoms with Gasteiger partial charge in [-0.15, -0.1) is 0 Å². The Balaban J connectivity index is 1.86. The van der Waals surface area contributed by atoms with Gasteiger partial charge in [0.15, 0.2) is 0 Å². The fourth-order valence-corrected chi connectivity index (χ4v) is 2.97. The standard InChI is InChI=1S/C18H21NO2/c1-14-8-10-16(11-9-14)19(13-17-7-4-12-21-17)18(20)15-5-2-3-6-15/h4,7-12,15H,2-3,5-6,13H2,1H3. The van der Waals surface area contributed by atoms with Gasteiger partial charge in [-0.2, -0.15) is 0 Å². The van der Waals surface area contributed by atoms with Crippen molar-refractivity contribution in [2.24, 2.45) is 5.92 Å². The van der Waals surface area contributed by atoms with Crippen LogP contribution in [0.4, 0.5) is 5.69 Å². The van der Waals surface area contributed by atoms with Crippen LogP contribution in [0.15, 0.2) is 47.1 Å². The minimum Gasteiger partial charge on any atom is -0.467 e. The lowest BCUT2D eigenvalue weighted by Gasteiger charge is -2.25. The SMILES string of the molecule is Cc1ccc(N(Cc2ccco2)C(=O)C2CCCC2)cc1. The number of hydrogen-bond acceptors (Lipinski definition) is 2. The minimum atomic E-state index is 0.168. The quantitative estimate of drug-likeness (QED) is 0.837. The molecule has 0 bridgehead atoms. The average Bonchev–Trinajstić information content (AvgIpc) is 3.18. The van der Waals surface area contributed by atoms with E-state index in [1.165, 1.54) is 18.4 Å². The molecule has 0 radical (unpaired) electrons. The van der Waals surface area contributed by atoms with Gasteiger partial charge in [0.25, 0.3) is 0 Å². The van der Waals surface area contributed by atoms with E-state index in [0.717, 1.165) is 24.3 Å². The number of carbonyl (C=O) groups is 1. The van der Waals surface area contributed by atoms with Crippen LogP contribution in [0.5, 0.6) is 0 Å². The molecule has 3 rings (SSSR count). The Morgan fingerprint density at radius 2 is 1.90 bits per heavy atom. The molecule has 2 aromatic rings. The van der Waals surface area contributed by atoms with Crippen molar-refractivity contribution in [3.63, 3.8) is 0 Å². The topological polar surface area (TPSA) is 33.5 Å². The third-order valence-electron chi connectivity index (χ3n) is 4.21. The van der Waals surface area contributed by atoms with Crippen LogP contribution < -0.4 is 4.90 Å². The van der Waals surface area contributed by atoms with Crippen molar-refractivity contribution in [2.45, 2.75) is 39.2 Å². The molecule has 3 heteroatoms. The summed E-state index contributed by atoms with van der Waals surface area (Å²) in [5, 5.41) is 0. The van der Waals surface area contributed by atoms with Gasteiger partial charge in [-0.05, 0) is 44.0 Å². The molecule has 1 aliphatic rings. The van der Waals surface area contributed by atoms with Crippen LogP contribution in [-0.2, 0) is 11.3 Å². The number of rotatable bonds is 4. The number of benzene rings is 1. The van der Waals surface area contributed by atoms with E-state index in [0.29, 0.717) is 6.54 Å². The molecule has 21 heavy (non-hydrogen) atoms. The monoisotopic (exact) mass is 283 g/mol. The van der Waals surface area contributed by atoms with Gasteiger partial charge in [0.2, 0.25) is 5.91 Å². The second kappa shape index (κ2) is 6.17. The van der Waals surface area contributed by atoms with Gasteiger partial charge >= 0.3 is 0 Å². The molecule has 1 fully saturated rings. The number of anilines is 1. The lowest BCUT2D eigenvalue weighted by atomic mass is 10.1. The molecule has 0 unspecified atom stereocenters. The number of nitrogens with zero attached hydrogens (tertiary/aromatic N) is 1. The first kappa shape index (κ1) is 13.9. The molecule has 110 valence electrons. The van der Waals surface area contributed by atoms with E-state index in [4.69, 9.17) is 4.42 Å². The minimum absolute atomic E-state index is 0.168. The molecule has 1 aliphatic carbocycles. The van der Waals surface area contributed by atoms with Crippen LogP contribution in [-0.4, -0.2) is 5.91 Å². The Kier molecular flexibility index (Phi) is 4.09. The number of carbonyl (C=O) groups excluding carboxylic acids is 1. The van der Waals surface area contributed by atoms with E-state index in [-0.39, 0.29) is 11.8 Å². The van der Waals surface area contributed by atoms with Gasteiger partial charge in [-0.25, -0.2) is 0 Å². The van der Waals surface area contributed by atoms with Crippen molar-refractivity contribution in [1.82, 2.24) is 0 Å². The smallest absolute Gasteiger partial charge is 0.230 e. The molecule has 1 amide bonds. The zero-order chi connectivity index (χ0) is 14.7. The zero-order valence-corrected chi connectivity index (χ0v) is 12.4. The second-order valence-electron chi connectivity index (χ2n) is 5.82. The second-order valence-corrected chi connectivity index (χ2v) is 5.82. The predicted molar refractivity (Wildman–Crippen MR) is 83.0 cm³/mol. The van der Waals surface area contributed by atoms with Gasteiger partial charge in [-0.1, -0.05) is 30.5 Å². The first-order valence-corrected chi connectivity index (χ1v) is 7.64. The zero-order valence-electron chi connectivity index (χ0n) is 12.4. The highest BCUT2D eigenvalue weighted by Crippen LogP contribution is 2.29. The summed E-state index contributed by atoms with van der Waals surface area (Å²) in [5.41, 5.74) is 2.15. The Labute approximate surface area is 125 Å². The van der Waals surface area contributed by atoms with Gasteiger partial charge in [0, 0.05) is 11.6 Å². The summed E-state index contributed by atoms with van der Waals surface area (Å²) >= 11 is 0.